The first-order valence-corrected chi connectivity index (χ1v) is 8.82. The van der Waals surface area contributed by atoms with Gasteiger partial charge < -0.3 is 4.74 Å². The maximum Gasteiger partial charge on any atom is 0.343 e. The molecule has 0 N–H and O–H groups in total. The molecule has 0 aromatic heterocycles. The van der Waals surface area contributed by atoms with Crippen LogP contribution in [0.1, 0.15) is 18.4 Å². The molecule has 4 rings (SSSR count). The molecule has 6 heteroatoms. The molecule has 2 aliphatic heterocycles. The van der Waals surface area contributed by atoms with Gasteiger partial charge in [0.05, 0.1) is 5.69 Å². The van der Waals surface area contributed by atoms with E-state index in [1.165, 1.54) is 11.8 Å². The summed E-state index contributed by atoms with van der Waals surface area (Å²) in [7, 11) is 0. The van der Waals surface area contributed by atoms with E-state index >= 15 is 0 Å². The summed E-state index contributed by atoms with van der Waals surface area (Å²) in [5.41, 5.74) is 1.62. The van der Waals surface area contributed by atoms with Crippen LogP contribution in [0.4, 0.5) is 5.69 Å². The Balaban J connectivity index is 1.58. The van der Waals surface area contributed by atoms with E-state index in [0.717, 1.165) is 16.1 Å². The Bertz CT molecular complexity index is 841. The molecular formula is C18H14ClNO3S. The normalized spacial score (nSPS) is 21.5. The number of benzene rings is 2. The largest absolute Gasteiger partial charge is 0.458 e. The minimum atomic E-state index is -0.973. The summed E-state index contributed by atoms with van der Waals surface area (Å²) in [6.07, 6.45) is 0.813. The highest BCUT2D eigenvalue weighted by Crippen LogP contribution is 2.56. The molecule has 2 aromatic rings. The van der Waals surface area contributed by atoms with Crippen molar-refractivity contribution in [3.8, 4) is 0 Å². The highest BCUT2D eigenvalue weighted by Gasteiger charge is 2.58. The third-order valence-electron chi connectivity index (χ3n) is 4.25. The molecule has 122 valence electrons. The number of nitrogens with zero attached hydrogens (tertiary/aromatic N) is 1. The number of halogens is 1. The van der Waals surface area contributed by atoms with Gasteiger partial charge in [-0.1, -0.05) is 47.6 Å². The molecule has 2 aliphatic rings. The number of esters is 1. The highest BCUT2D eigenvalue weighted by atomic mass is 35.5. The Kier molecular flexibility index (Phi) is 3.77. The first kappa shape index (κ1) is 15.5. The number of carbonyl (C=O) groups is 2. The first-order chi connectivity index (χ1) is 11.6. The van der Waals surface area contributed by atoms with Crippen molar-refractivity contribution in [2.75, 3.05) is 4.90 Å². The summed E-state index contributed by atoms with van der Waals surface area (Å²) in [5.74, 6) is -0.415. The summed E-state index contributed by atoms with van der Waals surface area (Å²) in [5, 5.41) is 0.599. The van der Waals surface area contributed by atoms with E-state index in [0.29, 0.717) is 17.9 Å². The molecule has 0 spiro atoms. The van der Waals surface area contributed by atoms with E-state index < -0.39 is 4.87 Å². The zero-order chi connectivity index (χ0) is 16.7. The van der Waals surface area contributed by atoms with Crippen LogP contribution in [0.2, 0.25) is 5.02 Å². The van der Waals surface area contributed by atoms with Gasteiger partial charge in [0.2, 0.25) is 5.91 Å². The number of amides is 1. The summed E-state index contributed by atoms with van der Waals surface area (Å²) in [6.45, 7) is 0.139. The molecule has 1 fully saturated rings. The van der Waals surface area contributed by atoms with E-state index in [4.69, 9.17) is 16.3 Å². The Morgan fingerprint density at radius 2 is 2.08 bits per heavy atom. The monoisotopic (exact) mass is 359 g/mol. The lowest BCUT2D eigenvalue weighted by Gasteiger charge is -2.28. The summed E-state index contributed by atoms with van der Waals surface area (Å²) < 4.78 is 5.54. The third kappa shape index (κ3) is 2.39. The Morgan fingerprint density at radius 1 is 1.25 bits per heavy atom. The average Bonchev–Trinajstić information content (AvgIpc) is 3.09. The Labute approximate surface area is 148 Å². The van der Waals surface area contributed by atoms with Crippen LogP contribution in [-0.4, -0.2) is 16.7 Å². The molecule has 0 radical (unpaired) electrons. The average molecular weight is 360 g/mol. The third-order valence-corrected chi connectivity index (χ3v) is 5.94. The minimum Gasteiger partial charge on any atom is -0.458 e. The van der Waals surface area contributed by atoms with Gasteiger partial charge in [-0.15, -0.1) is 0 Å². The van der Waals surface area contributed by atoms with Crippen LogP contribution < -0.4 is 4.90 Å². The summed E-state index contributed by atoms with van der Waals surface area (Å²) in [4.78, 5) is 26.8. The van der Waals surface area contributed by atoms with Gasteiger partial charge in [-0.2, -0.15) is 0 Å². The van der Waals surface area contributed by atoms with Crippen molar-refractivity contribution in [3.05, 3.63) is 59.1 Å². The van der Waals surface area contributed by atoms with Gasteiger partial charge in [0.15, 0.2) is 4.87 Å². The van der Waals surface area contributed by atoms with E-state index in [9.17, 15) is 9.59 Å². The maximum atomic E-state index is 12.9. The summed E-state index contributed by atoms with van der Waals surface area (Å²) >= 11 is 7.37. The lowest BCUT2D eigenvalue weighted by atomic mass is 10.2. The SMILES string of the molecule is O=C1CCC2(C(=O)OCc3cccc(Cl)c3)Sc3ccccc3N12. The van der Waals surface area contributed by atoms with Crippen molar-refractivity contribution in [1.29, 1.82) is 0 Å². The lowest BCUT2D eigenvalue weighted by Crippen LogP contribution is -2.47. The van der Waals surface area contributed by atoms with Gasteiger partial charge in [-0.05, 0) is 29.8 Å². The number of carbonyl (C=O) groups excluding carboxylic acids is 2. The second kappa shape index (κ2) is 5.83. The van der Waals surface area contributed by atoms with Gasteiger partial charge in [-0.25, -0.2) is 4.79 Å². The molecule has 2 heterocycles. The lowest BCUT2D eigenvalue weighted by molar-refractivity contribution is -0.148. The molecule has 24 heavy (non-hydrogen) atoms. The fourth-order valence-corrected chi connectivity index (χ4v) is 4.79. The molecule has 1 amide bonds. The van der Waals surface area contributed by atoms with Crippen molar-refractivity contribution in [3.63, 3.8) is 0 Å². The Hall–Kier alpha value is -1.98. The van der Waals surface area contributed by atoms with Crippen LogP contribution >= 0.6 is 23.4 Å². The van der Waals surface area contributed by atoms with E-state index in [1.54, 1.807) is 17.0 Å². The van der Waals surface area contributed by atoms with Crippen LogP contribution in [0, 0.1) is 0 Å². The molecule has 1 atom stereocenters. The number of fused-ring (bicyclic) bond motifs is 3. The molecular weight excluding hydrogens is 346 g/mol. The van der Waals surface area contributed by atoms with E-state index in [2.05, 4.69) is 0 Å². The van der Waals surface area contributed by atoms with Gasteiger partial charge in [0.1, 0.15) is 6.61 Å². The second-order valence-corrected chi connectivity index (χ2v) is 7.55. The van der Waals surface area contributed by atoms with Crippen molar-refractivity contribution in [2.24, 2.45) is 0 Å². The number of ether oxygens (including phenoxy) is 1. The van der Waals surface area contributed by atoms with Crippen LogP contribution in [0.25, 0.3) is 0 Å². The fraction of sp³-hybridized carbons (Fsp3) is 0.222. The first-order valence-electron chi connectivity index (χ1n) is 7.63. The quantitative estimate of drug-likeness (QED) is 0.777. The number of para-hydroxylation sites is 1. The van der Waals surface area contributed by atoms with Crippen molar-refractivity contribution in [1.82, 2.24) is 0 Å². The van der Waals surface area contributed by atoms with E-state index in [-0.39, 0.29) is 18.5 Å². The number of hydrogen-bond acceptors (Lipinski definition) is 4. The van der Waals surface area contributed by atoms with Gasteiger partial charge in [0.25, 0.3) is 0 Å². The number of anilines is 1. The molecule has 1 saturated heterocycles. The molecule has 0 aliphatic carbocycles. The minimum absolute atomic E-state index is 0.0350. The smallest absolute Gasteiger partial charge is 0.343 e. The zero-order valence-electron chi connectivity index (χ0n) is 12.7. The van der Waals surface area contributed by atoms with Crippen LogP contribution in [0.5, 0.6) is 0 Å². The molecule has 1 unspecified atom stereocenters. The highest BCUT2D eigenvalue weighted by molar-refractivity contribution is 8.02. The molecule has 4 nitrogen and oxygen atoms in total. The van der Waals surface area contributed by atoms with Crippen molar-refractivity contribution in [2.45, 2.75) is 29.2 Å². The predicted molar refractivity (Wildman–Crippen MR) is 93.0 cm³/mol. The molecule has 2 aromatic carbocycles. The summed E-state index contributed by atoms with van der Waals surface area (Å²) in [6, 6.07) is 14.8. The van der Waals surface area contributed by atoms with E-state index in [1.807, 2.05) is 36.4 Å². The number of thioether (sulfide) groups is 1. The number of rotatable bonds is 3. The predicted octanol–water partition coefficient (Wildman–Crippen LogP) is 4.01. The molecule has 0 saturated carbocycles. The second-order valence-electron chi connectivity index (χ2n) is 5.79. The van der Waals surface area contributed by atoms with Crippen LogP contribution in [-0.2, 0) is 20.9 Å². The van der Waals surface area contributed by atoms with Gasteiger partial charge >= 0.3 is 5.97 Å². The van der Waals surface area contributed by atoms with Crippen molar-refractivity contribution >= 4 is 40.9 Å². The topological polar surface area (TPSA) is 46.6 Å². The number of hydrogen-bond donors (Lipinski definition) is 0. The van der Waals surface area contributed by atoms with Gasteiger partial charge in [0, 0.05) is 22.8 Å². The van der Waals surface area contributed by atoms with Crippen LogP contribution in [0.15, 0.2) is 53.4 Å². The fourth-order valence-electron chi connectivity index (χ4n) is 3.16. The zero-order valence-corrected chi connectivity index (χ0v) is 14.3. The molecule has 0 bridgehead atoms. The Morgan fingerprint density at radius 3 is 2.92 bits per heavy atom. The van der Waals surface area contributed by atoms with Gasteiger partial charge in [-0.3, -0.25) is 9.69 Å². The van der Waals surface area contributed by atoms with Crippen molar-refractivity contribution < 1.29 is 14.3 Å². The maximum absolute atomic E-state index is 12.9. The standard InChI is InChI=1S/C18H14ClNO3S/c19-13-5-3-4-12(10-13)11-23-17(22)18-9-8-16(21)20(18)14-6-1-2-7-15(14)24-18/h1-7,10H,8-9,11H2. The van der Waals surface area contributed by atoms with Crippen LogP contribution in [0.3, 0.4) is 0 Å².